The molecule has 5 rings (SSSR count). The van der Waals surface area contributed by atoms with Gasteiger partial charge in [-0.15, -0.1) is 11.3 Å². The molecule has 0 atom stereocenters. The molecule has 3 N–H and O–H groups in total. The van der Waals surface area contributed by atoms with E-state index in [0.29, 0.717) is 27.4 Å². The number of rotatable bonds is 6. The number of carbonyl (C=O) groups excluding carboxylic acids is 2. The number of hydrogen-bond acceptors (Lipinski definition) is 7. The summed E-state index contributed by atoms with van der Waals surface area (Å²) < 4.78 is 6.71. The zero-order valence-electron chi connectivity index (χ0n) is 21.0. The second-order valence-electron chi connectivity index (χ2n) is 8.89. The number of nitrogens with one attached hydrogen (secondary N) is 1. The Bertz CT molecular complexity index is 1790. The number of hydrogen-bond donors (Lipinski definition) is 2. The van der Waals surface area contributed by atoms with Crippen LogP contribution in [-0.2, 0) is 17.6 Å². The largest absolute Gasteiger partial charge is 0.497 e. The van der Waals surface area contributed by atoms with Crippen molar-refractivity contribution in [2.24, 2.45) is 5.73 Å². The van der Waals surface area contributed by atoms with Gasteiger partial charge in [-0.2, -0.15) is 5.26 Å². The number of fused-ring (bicyclic) bond motifs is 1. The minimum Gasteiger partial charge on any atom is -0.497 e. The van der Waals surface area contributed by atoms with Crippen molar-refractivity contribution in [1.82, 2.24) is 4.57 Å². The molecule has 4 aromatic rings. The average Bonchev–Trinajstić information content (AvgIpc) is 3.47. The second kappa shape index (κ2) is 11.1. The summed E-state index contributed by atoms with van der Waals surface area (Å²) in [4.78, 5) is 40.1. The normalized spacial score (nSPS) is 13.8. The molecule has 0 saturated heterocycles. The molecule has 0 bridgehead atoms. The fourth-order valence-electron chi connectivity index (χ4n) is 4.64. The lowest BCUT2D eigenvalue weighted by atomic mass is 9.95. The summed E-state index contributed by atoms with van der Waals surface area (Å²) in [5.74, 6) is -0.642. The maximum absolute atomic E-state index is 13.5. The van der Waals surface area contributed by atoms with Gasteiger partial charge in [-0.25, -0.2) is 0 Å². The van der Waals surface area contributed by atoms with Crippen molar-refractivity contribution in [3.63, 3.8) is 0 Å². The van der Waals surface area contributed by atoms with E-state index in [1.807, 2.05) is 36.4 Å². The van der Waals surface area contributed by atoms with Crippen molar-refractivity contribution in [2.45, 2.75) is 25.7 Å². The van der Waals surface area contributed by atoms with Gasteiger partial charge in [0.2, 0.25) is 0 Å². The third-order valence-electron chi connectivity index (χ3n) is 6.47. The maximum Gasteiger partial charge on any atom is 0.269 e. The summed E-state index contributed by atoms with van der Waals surface area (Å²) in [5.41, 5.74) is 8.00. The second-order valence-corrected chi connectivity index (χ2v) is 11.0. The number of carbonyl (C=O) groups is 2. The van der Waals surface area contributed by atoms with E-state index in [0.717, 1.165) is 53.0 Å². The smallest absolute Gasteiger partial charge is 0.269 e. The van der Waals surface area contributed by atoms with Crippen LogP contribution in [0.5, 0.6) is 5.75 Å². The zero-order valence-corrected chi connectivity index (χ0v) is 22.7. The summed E-state index contributed by atoms with van der Waals surface area (Å²) in [6, 6.07) is 18.3. The van der Waals surface area contributed by atoms with E-state index in [1.165, 1.54) is 11.3 Å². The number of thiazole rings is 1. The van der Waals surface area contributed by atoms with Crippen molar-refractivity contribution in [3.8, 4) is 17.5 Å². The van der Waals surface area contributed by atoms with Crippen LogP contribution in [0.1, 0.15) is 39.2 Å². The van der Waals surface area contributed by atoms with Crippen molar-refractivity contribution in [2.75, 3.05) is 12.4 Å². The maximum atomic E-state index is 13.5. The first-order chi connectivity index (χ1) is 18.9. The van der Waals surface area contributed by atoms with Gasteiger partial charge in [0, 0.05) is 10.6 Å². The van der Waals surface area contributed by atoms with Crippen molar-refractivity contribution >= 4 is 51.1 Å². The van der Waals surface area contributed by atoms with Crippen LogP contribution in [0, 0.1) is 11.3 Å². The quantitative estimate of drug-likeness (QED) is 0.377. The van der Waals surface area contributed by atoms with E-state index < -0.39 is 11.8 Å². The molecule has 10 heteroatoms. The fraction of sp³-hybridized carbons (Fsp3) is 0.172. The van der Waals surface area contributed by atoms with E-state index in [-0.39, 0.29) is 15.0 Å². The van der Waals surface area contributed by atoms with Gasteiger partial charge in [-0.1, -0.05) is 41.7 Å². The molecule has 2 heterocycles. The number of primary amides is 1. The average molecular weight is 557 g/mol. The van der Waals surface area contributed by atoms with Gasteiger partial charge in [0.05, 0.1) is 12.7 Å². The lowest BCUT2D eigenvalue weighted by molar-refractivity contribution is -0.111. The molecule has 8 nitrogen and oxygen atoms in total. The van der Waals surface area contributed by atoms with E-state index >= 15 is 0 Å². The molecule has 0 spiro atoms. The number of anilines is 1. The Morgan fingerprint density at radius 3 is 2.46 bits per heavy atom. The van der Waals surface area contributed by atoms with Gasteiger partial charge in [-0.3, -0.25) is 19.0 Å². The summed E-state index contributed by atoms with van der Waals surface area (Å²) in [7, 11) is 1.57. The molecule has 0 fully saturated rings. The first kappa shape index (κ1) is 26.2. The van der Waals surface area contributed by atoms with Crippen LogP contribution < -0.4 is 30.5 Å². The van der Waals surface area contributed by atoms with E-state index in [2.05, 4.69) is 5.32 Å². The first-order valence-corrected chi connectivity index (χ1v) is 13.9. The standard InChI is InChI=1S/C29H24N4O4S2/c1-37-19-13-11-17(12-14-19)15-22-29(36)39-28(33(22)18-7-3-2-4-8-18)21(16-30)26(35)32-27-24(25(31)34)20-9-5-6-10-23(20)38-27/h2-4,7-8,11-15H,5-6,9-10H2,1H3,(H2,31,34)(H,32,35)/b22-15+,28-21-. The van der Waals surface area contributed by atoms with E-state index in [4.69, 9.17) is 10.5 Å². The molecule has 2 aromatic heterocycles. The highest BCUT2D eigenvalue weighted by molar-refractivity contribution is 7.17. The predicted octanol–water partition coefficient (Wildman–Crippen LogP) is 3.09. The van der Waals surface area contributed by atoms with E-state index in [9.17, 15) is 19.6 Å². The third-order valence-corrected chi connectivity index (χ3v) is 8.66. The van der Waals surface area contributed by atoms with Crippen molar-refractivity contribution < 1.29 is 14.3 Å². The molecule has 0 unspecified atom stereocenters. The Kier molecular flexibility index (Phi) is 7.45. The SMILES string of the molecule is COc1ccc(/C=c2\c(=O)s/c(=C(/C#N)C(=O)Nc3sc4c(c3C(N)=O)CCCC4)n2-c2ccccc2)cc1. The number of benzene rings is 2. The minimum atomic E-state index is -0.708. The van der Waals surface area contributed by atoms with Crippen molar-refractivity contribution in [3.05, 3.63) is 95.7 Å². The molecule has 2 amide bonds. The number of methoxy groups -OCH3 is 1. The number of nitrogens with zero attached hydrogens (tertiary/aromatic N) is 2. The predicted molar refractivity (Wildman–Crippen MR) is 153 cm³/mol. The monoisotopic (exact) mass is 556 g/mol. The highest BCUT2D eigenvalue weighted by Gasteiger charge is 2.26. The third kappa shape index (κ3) is 5.14. The van der Waals surface area contributed by atoms with Crippen LogP contribution in [0.15, 0.2) is 59.4 Å². The number of nitriles is 1. The summed E-state index contributed by atoms with van der Waals surface area (Å²) in [5, 5.41) is 13.5. The lowest BCUT2D eigenvalue weighted by Crippen LogP contribution is -2.33. The molecule has 0 aliphatic heterocycles. The van der Waals surface area contributed by atoms with Crippen molar-refractivity contribution in [1.29, 1.82) is 5.26 Å². The Morgan fingerprint density at radius 1 is 1.08 bits per heavy atom. The molecule has 1 aliphatic carbocycles. The summed E-state index contributed by atoms with van der Waals surface area (Å²) >= 11 is 2.13. The van der Waals surface area contributed by atoms with Crippen LogP contribution in [0.4, 0.5) is 5.00 Å². The van der Waals surface area contributed by atoms with Crippen LogP contribution in [-0.4, -0.2) is 23.5 Å². The Hall–Kier alpha value is -4.46. The molecule has 1 aliphatic rings. The first-order valence-electron chi connectivity index (χ1n) is 12.2. The van der Waals surface area contributed by atoms with Crippen LogP contribution in [0.25, 0.3) is 17.3 Å². The lowest BCUT2D eigenvalue weighted by Gasteiger charge is -2.11. The Balaban J connectivity index is 1.69. The number of para-hydroxylation sites is 1. The Morgan fingerprint density at radius 2 is 1.79 bits per heavy atom. The van der Waals surface area contributed by atoms with Gasteiger partial charge in [-0.05, 0) is 67.2 Å². The van der Waals surface area contributed by atoms with Gasteiger partial charge in [0.1, 0.15) is 26.8 Å². The molecular weight excluding hydrogens is 532 g/mol. The zero-order chi connectivity index (χ0) is 27.5. The number of ether oxygens (including phenoxy) is 1. The number of aryl methyl sites for hydroxylation is 1. The molecule has 2 aromatic carbocycles. The number of aromatic nitrogens is 1. The topological polar surface area (TPSA) is 127 Å². The summed E-state index contributed by atoms with van der Waals surface area (Å²) in [6.07, 6.45) is 5.19. The fourth-order valence-corrected chi connectivity index (χ4v) is 6.90. The number of thiophene rings is 1. The van der Waals surface area contributed by atoms with Crippen LogP contribution >= 0.6 is 22.7 Å². The van der Waals surface area contributed by atoms with Crippen LogP contribution in [0.2, 0.25) is 0 Å². The van der Waals surface area contributed by atoms with Crippen LogP contribution in [0.3, 0.4) is 0 Å². The highest BCUT2D eigenvalue weighted by atomic mass is 32.1. The van der Waals surface area contributed by atoms with Gasteiger partial charge in [0.25, 0.3) is 16.6 Å². The molecule has 0 radical (unpaired) electrons. The Labute approximate surface area is 231 Å². The minimum absolute atomic E-state index is 0.188. The molecular formula is C29H24N4O4S2. The highest BCUT2D eigenvalue weighted by Crippen LogP contribution is 2.38. The van der Waals surface area contributed by atoms with E-state index in [1.54, 1.807) is 42.0 Å². The number of nitrogens with two attached hydrogens (primary N) is 1. The number of amides is 2. The van der Waals surface area contributed by atoms with Gasteiger partial charge >= 0.3 is 0 Å². The van der Waals surface area contributed by atoms with Gasteiger partial charge in [0.15, 0.2) is 5.57 Å². The molecule has 39 heavy (non-hydrogen) atoms. The summed E-state index contributed by atoms with van der Waals surface area (Å²) in [6.45, 7) is 0. The van der Waals surface area contributed by atoms with Gasteiger partial charge < -0.3 is 15.8 Å². The molecule has 0 saturated carbocycles. The molecule has 196 valence electrons.